The summed E-state index contributed by atoms with van der Waals surface area (Å²) in [6, 6.07) is 0. The molecular weight excluding hydrogens is 376 g/mol. The van der Waals surface area contributed by atoms with E-state index in [1.54, 1.807) is 0 Å². The lowest BCUT2D eigenvalue weighted by molar-refractivity contribution is -0.164. The molecule has 0 aliphatic heterocycles. The molecule has 0 radical (unpaired) electrons. The highest BCUT2D eigenvalue weighted by atomic mass is 16.6. The van der Waals surface area contributed by atoms with Gasteiger partial charge in [-0.1, -0.05) is 39.5 Å². The number of esters is 2. The van der Waals surface area contributed by atoms with Crippen molar-refractivity contribution in [1.82, 2.24) is 0 Å². The van der Waals surface area contributed by atoms with Crippen molar-refractivity contribution in [3.63, 3.8) is 0 Å². The Bertz CT molecular complexity index is 473. The van der Waals surface area contributed by atoms with Crippen LogP contribution in [0.5, 0.6) is 0 Å². The zero-order chi connectivity index (χ0) is 21.3. The summed E-state index contributed by atoms with van der Waals surface area (Å²) >= 11 is 0. The zero-order valence-corrected chi connectivity index (χ0v) is 19.4. The average Bonchev–Trinajstić information content (AvgIpc) is 2.76. The summed E-state index contributed by atoms with van der Waals surface area (Å²) < 4.78 is 11.7. The second kappa shape index (κ2) is 12.1. The maximum atomic E-state index is 12.6. The van der Waals surface area contributed by atoms with E-state index in [-0.39, 0.29) is 36.0 Å². The fourth-order valence-corrected chi connectivity index (χ4v) is 5.98. The largest absolute Gasteiger partial charge is 0.462 e. The van der Waals surface area contributed by atoms with Crippen molar-refractivity contribution in [3.8, 4) is 0 Å². The summed E-state index contributed by atoms with van der Waals surface area (Å²) in [5.74, 6) is 1.88. The molecule has 0 aromatic carbocycles. The standard InChI is InChI=1S/C26H44O4/c1-3-5-19-7-11-21(12-8-19)25(27)29-23-15-17-24(18-16-23)30-26(28)22-13-9-20(6-4-2)10-14-22/h19-24H,3-18H2,1-2H3. The number of carbonyl (C=O) groups excluding carboxylic acids is 2. The van der Waals surface area contributed by atoms with Crippen molar-refractivity contribution < 1.29 is 19.1 Å². The van der Waals surface area contributed by atoms with Crippen LogP contribution in [0.3, 0.4) is 0 Å². The van der Waals surface area contributed by atoms with Gasteiger partial charge in [0.05, 0.1) is 11.8 Å². The van der Waals surface area contributed by atoms with Gasteiger partial charge in [0.15, 0.2) is 0 Å². The van der Waals surface area contributed by atoms with E-state index in [0.717, 1.165) is 63.2 Å². The lowest BCUT2D eigenvalue weighted by atomic mass is 9.80. The topological polar surface area (TPSA) is 52.6 Å². The Morgan fingerprint density at radius 3 is 1.20 bits per heavy atom. The molecule has 0 amide bonds. The van der Waals surface area contributed by atoms with E-state index in [4.69, 9.17) is 9.47 Å². The van der Waals surface area contributed by atoms with Gasteiger partial charge in [0, 0.05) is 0 Å². The molecule has 30 heavy (non-hydrogen) atoms. The van der Waals surface area contributed by atoms with Crippen LogP contribution < -0.4 is 0 Å². The van der Waals surface area contributed by atoms with Crippen LogP contribution in [0.2, 0.25) is 0 Å². The summed E-state index contributed by atoms with van der Waals surface area (Å²) in [7, 11) is 0. The van der Waals surface area contributed by atoms with Gasteiger partial charge in [0.1, 0.15) is 12.2 Å². The summed E-state index contributed by atoms with van der Waals surface area (Å²) in [6.45, 7) is 4.48. The minimum atomic E-state index is 0.0188. The van der Waals surface area contributed by atoms with Gasteiger partial charge >= 0.3 is 11.9 Å². The van der Waals surface area contributed by atoms with Crippen molar-refractivity contribution >= 4 is 11.9 Å². The molecule has 0 unspecified atom stereocenters. The van der Waals surface area contributed by atoms with Gasteiger partial charge in [-0.3, -0.25) is 9.59 Å². The summed E-state index contributed by atoms with van der Waals surface area (Å²) in [6.07, 6.45) is 17.1. The molecule has 0 heterocycles. The van der Waals surface area contributed by atoms with Crippen molar-refractivity contribution in [2.24, 2.45) is 23.7 Å². The first-order chi connectivity index (χ1) is 14.6. The molecule has 0 bridgehead atoms. The van der Waals surface area contributed by atoms with E-state index >= 15 is 0 Å². The Kier molecular flexibility index (Phi) is 9.52. The van der Waals surface area contributed by atoms with Crippen LogP contribution in [-0.2, 0) is 19.1 Å². The molecule has 172 valence electrons. The molecule has 0 aromatic heterocycles. The monoisotopic (exact) mass is 420 g/mol. The fourth-order valence-electron chi connectivity index (χ4n) is 5.98. The van der Waals surface area contributed by atoms with E-state index in [2.05, 4.69) is 13.8 Å². The molecule has 0 saturated heterocycles. The minimum Gasteiger partial charge on any atom is -0.462 e. The second-order valence-corrected chi connectivity index (χ2v) is 10.3. The van der Waals surface area contributed by atoms with E-state index < -0.39 is 0 Å². The van der Waals surface area contributed by atoms with Crippen molar-refractivity contribution in [2.45, 2.75) is 129 Å². The molecule has 0 N–H and O–H groups in total. The van der Waals surface area contributed by atoms with Gasteiger partial charge in [-0.2, -0.15) is 0 Å². The first kappa shape index (κ1) is 23.6. The fraction of sp³-hybridized carbons (Fsp3) is 0.923. The lowest BCUT2D eigenvalue weighted by Gasteiger charge is -2.32. The van der Waals surface area contributed by atoms with Gasteiger partial charge < -0.3 is 9.47 Å². The second-order valence-electron chi connectivity index (χ2n) is 10.3. The molecular formula is C26H44O4. The number of rotatable bonds is 8. The van der Waals surface area contributed by atoms with Crippen LogP contribution >= 0.6 is 0 Å². The number of hydrogen-bond acceptors (Lipinski definition) is 4. The predicted octanol–water partition coefficient (Wildman–Crippen LogP) is 6.60. The van der Waals surface area contributed by atoms with Gasteiger partial charge in [0.2, 0.25) is 0 Å². The van der Waals surface area contributed by atoms with Gasteiger partial charge in [-0.25, -0.2) is 0 Å². The third-order valence-electron chi connectivity index (χ3n) is 7.94. The molecule has 0 atom stereocenters. The Morgan fingerprint density at radius 2 is 0.900 bits per heavy atom. The number of carbonyl (C=O) groups is 2. The maximum absolute atomic E-state index is 12.6. The molecule has 3 rings (SSSR count). The summed E-state index contributed by atoms with van der Waals surface area (Å²) in [4.78, 5) is 25.1. The SMILES string of the molecule is CCCC1CCC(C(=O)OC2CCC(OC(=O)C3CCC(CCC)CC3)CC2)CC1. The highest BCUT2D eigenvalue weighted by Gasteiger charge is 2.33. The zero-order valence-electron chi connectivity index (χ0n) is 19.4. The smallest absolute Gasteiger partial charge is 0.309 e. The average molecular weight is 421 g/mol. The van der Waals surface area contributed by atoms with Crippen molar-refractivity contribution in [1.29, 1.82) is 0 Å². The van der Waals surface area contributed by atoms with E-state index in [9.17, 15) is 9.59 Å². The molecule has 3 fully saturated rings. The molecule has 4 heteroatoms. The molecule has 0 aromatic rings. The first-order valence-corrected chi connectivity index (χ1v) is 13.0. The lowest BCUT2D eigenvalue weighted by Crippen LogP contribution is -2.34. The van der Waals surface area contributed by atoms with Gasteiger partial charge in [-0.15, -0.1) is 0 Å². The molecule has 4 nitrogen and oxygen atoms in total. The summed E-state index contributed by atoms with van der Waals surface area (Å²) in [5, 5.41) is 0. The van der Waals surface area contributed by atoms with Crippen molar-refractivity contribution in [2.75, 3.05) is 0 Å². The van der Waals surface area contributed by atoms with E-state index in [1.165, 1.54) is 51.4 Å². The third-order valence-corrected chi connectivity index (χ3v) is 7.94. The van der Waals surface area contributed by atoms with Gasteiger partial charge in [-0.05, 0) is 88.9 Å². The summed E-state index contributed by atoms with van der Waals surface area (Å²) in [5.41, 5.74) is 0. The Morgan fingerprint density at radius 1 is 0.567 bits per heavy atom. The quantitative estimate of drug-likeness (QED) is 0.415. The Balaban J connectivity index is 1.31. The normalized spacial score (nSPS) is 34.9. The van der Waals surface area contributed by atoms with Gasteiger partial charge in [0.25, 0.3) is 0 Å². The molecule has 3 aliphatic rings. The Hall–Kier alpha value is -1.06. The third kappa shape index (κ3) is 6.99. The Labute approximate surface area is 183 Å². The van der Waals surface area contributed by atoms with Crippen LogP contribution in [0.4, 0.5) is 0 Å². The van der Waals surface area contributed by atoms with Crippen LogP contribution in [0.1, 0.15) is 117 Å². The number of hydrogen-bond donors (Lipinski definition) is 0. The first-order valence-electron chi connectivity index (χ1n) is 13.0. The maximum Gasteiger partial charge on any atom is 0.309 e. The van der Waals surface area contributed by atoms with E-state index in [1.807, 2.05) is 0 Å². The van der Waals surface area contributed by atoms with Crippen LogP contribution in [0.15, 0.2) is 0 Å². The van der Waals surface area contributed by atoms with E-state index in [0.29, 0.717) is 0 Å². The molecule has 3 aliphatic carbocycles. The molecule has 3 saturated carbocycles. The highest BCUT2D eigenvalue weighted by Crippen LogP contribution is 2.35. The minimum absolute atomic E-state index is 0.0188. The predicted molar refractivity (Wildman–Crippen MR) is 119 cm³/mol. The highest BCUT2D eigenvalue weighted by molar-refractivity contribution is 5.73. The van der Waals surface area contributed by atoms with Crippen LogP contribution in [0.25, 0.3) is 0 Å². The number of ether oxygens (including phenoxy) is 2. The van der Waals surface area contributed by atoms with Crippen LogP contribution in [0, 0.1) is 23.7 Å². The van der Waals surface area contributed by atoms with Crippen molar-refractivity contribution in [3.05, 3.63) is 0 Å². The molecule has 0 spiro atoms. The van der Waals surface area contributed by atoms with Crippen LogP contribution in [-0.4, -0.2) is 24.1 Å².